The lowest BCUT2D eigenvalue weighted by Gasteiger charge is -2.13. The predicted octanol–water partition coefficient (Wildman–Crippen LogP) is 4.22. The standard InChI is InChI=1S/C23H22N2O5S/c1-3-30-23(27)20-13-8-14-21(16(20)2)24-22(26)17-9-7-12-19(15-17)31(28,29)25-18-10-5-4-6-11-18/h4-15,25H,3H2,1-2H3,(H,24,26). The number of benzene rings is 3. The van der Waals surface area contributed by atoms with Crippen molar-refractivity contribution in [2.24, 2.45) is 0 Å². The van der Waals surface area contributed by atoms with Crippen LogP contribution in [0.1, 0.15) is 33.2 Å². The highest BCUT2D eigenvalue weighted by molar-refractivity contribution is 7.92. The first-order chi connectivity index (χ1) is 14.8. The second-order valence-corrected chi connectivity index (χ2v) is 8.33. The Kier molecular flexibility index (Phi) is 6.71. The van der Waals surface area contributed by atoms with E-state index in [4.69, 9.17) is 4.74 Å². The Labute approximate surface area is 181 Å². The van der Waals surface area contributed by atoms with Crippen LogP contribution in [0.4, 0.5) is 11.4 Å². The van der Waals surface area contributed by atoms with E-state index in [1.165, 1.54) is 24.3 Å². The molecule has 0 saturated heterocycles. The summed E-state index contributed by atoms with van der Waals surface area (Å²) in [6, 6.07) is 19.1. The number of rotatable bonds is 7. The highest BCUT2D eigenvalue weighted by atomic mass is 32.2. The summed E-state index contributed by atoms with van der Waals surface area (Å²) in [6.45, 7) is 3.66. The molecule has 0 fully saturated rings. The summed E-state index contributed by atoms with van der Waals surface area (Å²) in [5.74, 6) is -0.975. The molecule has 0 radical (unpaired) electrons. The highest BCUT2D eigenvalue weighted by Gasteiger charge is 2.18. The van der Waals surface area contributed by atoms with Crippen LogP contribution in [0.5, 0.6) is 0 Å². The van der Waals surface area contributed by atoms with E-state index in [1.807, 2.05) is 0 Å². The molecule has 3 aromatic carbocycles. The molecule has 0 atom stereocenters. The molecule has 3 aromatic rings. The number of nitrogens with one attached hydrogen (secondary N) is 2. The van der Waals surface area contributed by atoms with Crippen LogP contribution >= 0.6 is 0 Å². The molecule has 3 rings (SSSR count). The molecule has 160 valence electrons. The fraction of sp³-hybridized carbons (Fsp3) is 0.130. The number of hydrogen-bond donors (Lipinski definition) is 2. The van der Waals surface area contributed by atoms with Crippen LogP contribution < -0.4 is 10.0 Å². The molecule has 8 heteroatoms. The third kappa shape index (κ3) is 5.29. The molecule has 1 amide bonds. The van der Waals surface area contributed by atoms with Crippen LogP contribution in [0.25, 0.3) is 0 Å². The van der Waals surface area contributed by atoms with Crippen LogP contribution in [-0.4, -0.2) is 26.9 Å². The first kappa shape index (κ1) is 22.0. The SMILES string of the molecule is CCOC(=O)c1cccc(NC(=O)c2cccc(S(=O)(=O)Nc3ccccc3)c2)c1C. The number of ether oxygens (including phenoxy) is 1. The summed E-state index contributed by atoms with van der Waals surface area (Å²) in [6.07, 6.45) is 0. The van der Waals surface area contributed by atoms with Crippen LogP contribution in [0, 0.1) is 6.92 Å². The van der Waals surface area contributed by atoms with Crippen molar-refractivity contribution < 1.29 is 22.7 Å². The summed E-state index contributed by atoms with van der Waals surface area (Å²) in [5.41, 5.74) is 1.93. The normalized spacial score (nSPS) is 10.9. The maximum atomic E-state index is 12.8. The van der Waals surface area contributed by atoms with E-state index >= 15 is 0 Å². The van der Waals surface area contributed by atoms with Crippen molar-refractivity contribution in [2.75, 3.05) is 16.6 Å². The Morgan fingerprint density at radius 1 is 0.935 bits per heavy atom. The second kappa shape index (κ2) is 9.44. The number of sulfonamides is 1. The highest BCUT2D eigenvalue weighted by Crippen LogP contribution is 2.22. The monoisotopic (exact) mass is 438 g/mol. The molecular weight excluding hydrogens is 416 g/mol. The van der Waals surface area contributed by atoms with E-state index in [-0.39, 0.29) is 17.1 Å². The summed E-state index contributed by atoms with van der Waals surface area (Å²) < 4.78 is 32.9. The number of carbonyl (C=O) groups excluding carboxylic acids is 2. The van der Waals surface area contributed by atoms with Crippen molar-refractivity contribution in [3.8, 4) is 0 Å². The number of carbonyl (C=O) groups is 2. The minimum atomic E-state index is -3.87. The summed E-state index contributed by atoms with van der Waals surface area (Å²) in [5, 5.41) is 2.73. The zero-order valence-electron chi connectivity index (χ0n) is 17.1. The van der Waals surface area contributed by atoms with Crippen molar-refractivity contribution >= 4 is 33.3 Å². The van der Waals surface area contributed by atoms with Gasteiger partial charge in [0.05, 0.1) is 17.1 Å². The molecule has 31 heavy (non-hydrogen) atoms. The van der Waals surface area contributed by atoms with Gasteiger partial charge in [-0.3, -0.25) is 9.52 Å². The molecular formula is C23H22N2O5S. The van der Waals surface area contributed by atoms with Crippen LogP contribution in [0.3, 0.4) is 0 Å². The average molecular weight is 439 g/mol. The Hall–Kier alpha value is -3.65. The van der Waals surface area contributed by atoms with Gasteiger partial charge in [-0.2, -0.15) is 0 Å². The molecule has 0 spiro atoms. The summed E-state index contributed by atoms with van der Waals surface area (Å²) >= 11 is 0. The summed E-state index contributed by atoms with van der Waals surface area (Å²) in [4.78, 5) is 24.8. The summed E-state index contributed by atoms with van der Waals surface area (Å²) in [7, 11) is -3.87. The minimum Gasteiger partial charge on any atom is -0.462 e. The largest absolute Gasteiger partial charge is 0.462 e. The van der Waals surface area contributed by atoms with Crippen LogP contribution in [0.15, 0.2) is 77.7 Å². The fourth-order valence-corrected chi connectivity index (χ4v) is 4.02. The van der Waals surface area contributed by atoms with E-state index in [0.717, 1.165) is 0 Å². The van der Waals surface area contributed by atoms with Gasteiger partial charge in [-0.25, -0.2) is 13.2 Å². The molecule has 7 nitrogen and oxygen atoms in total. The van der Waals surface area contributed by atoms with Gasteiger partial charge in [-0.15, -0.1) is 0 Å². The van der Waals surface area contributed by atoms with Crippen molar-refractivity contribution in [3.05, 3.63) is 89.5 Å². The molecule has 2 N–H and O–H groups in total. The van der Waals surface area contributed by atoms with Gasteiger partial charge < -0.3 is 10.1 Å². The van der Waals surface area contributed by atoms with E-state index in [1.54, 1.807) is 62.4 Å². The number of amides is 1. The van der Waals surface area contributed by atoms with E-state index in [2.05, 4.69) is 10.0 Å². The van der Waals surface area contributed by atoms with Gasteiger partial charge in [0.2, 0.25) is 0 Å². The molecule has 0 unspecified atom stereocenters. The van der Waals surface area contributed by atoms with Gasteiger partial charge in [-0.1, -0.05) is 30.3 Å². The Morgan fingerprint density at radius 3 is 2.35 bits per heavy atom. The fourth-order valence-electron chi connectivity index (χ4n) is 2.92. The molecule has 0 bridgehead atoms. The van der Waals surface area contributed by atoms with Crippen molar-refractivity contribution in [1.29, 1.82) is 0 Å². The number of esters is 1. The minimum absolute atomic E-state index is 0.0407. The lowest BCUT2D eigenvalue weighted by Crippen LogP contribution is -2.17. The molecule has 0 saturated carbocycles. The van der Waals surface area contributed by atoms with Gasteiger partial charge in [0.1, 0.15) is 0 Å². The molecule has 0 aliphatic rings. The van der Waals surface area contributed by atoms with Crippen molar-refractivity contribution in [3.63, 3.8) is 0 Å². The van der Waals surface area contributed by atoms with E-state index < -0.39 is 21.9 Å². The first-order valence-electron chi connectivity index (χ1n) is 9.58. The third-order valence-electron chi connectivity index (χ3n) is 4.51. The lowest BCUT2D eigenvalue weighted by atomic mass is 10.1. The van der Waals surface area contributed by atoms with Crippen molar-refractivity contribution in [1.82, 2.24) is 0 Å². The topological polar surface area (TPSA) is 102 Å². The van der Waals surface area contributed by atoms with Gasteiger partial charge in [-0.05, 0) is 61.9 Å². The van der Waals surface area contributed by atoms with Crippen molar-refractivity contribution in [2.45, 2.75) is 18.7 Å². The quantitative estimate of drug-likeness (QED) is 0.538. The zero-order chi connectivity index (χ0) is 22.4. The third-order valence-corrected chi connectivity index (χ3v) is 5.89. The molecule has 0 aromatic heterocycles. The molecule has 0 aliphatic heterocycles. The van der Waals surface area contributed by atoms with Crippen LogP contribution in [-0.2, 0) is 14.8 Å². The average Bonchev–Trinajstić information content (AvgIpc) is 2.76. The Bertz CT molecular complexity index is 1210. The van der Waals surface area contributed by atoms with Gasteiger partial charge in [0.25, 0.3) is 15.9 Å². The Balaban J connectivity index is 1.83. The predicted molar refractivity (Wildman–Crippen MR) is 119 cm³/mol. The smallest absolute Gasteiger partial charge is 0.338 e. The van der Waals surface area contributed by atoms with E-state index in [9.17, 15) is 18.0 Å². The second-order valence-electron chi connectivity index (χ2n) is 6.65. The van der Waals surface area contributed by atoms with Gasteiger partial charge in [0, 0.05) is 16.9 Å². The first-order valence-corrected chi connectivity index (χ1v) is 11.1. The number of anilines is 2. The lowest BCUT2D eigenvalue weighted by molar-refractivity contribution is 0.0525. The maximum absolute atomic E-state index is 12.8. The maximum Gasteiger partial charge on any atom is 0.338 e. The molecule has 0 heterocycles. The van der Waals surface area contributed by atoms with Gasteiger partial charge >= 0.3 is 5.97 Å². The van der Waals surface area contributed by atoms with E-state index in [0.29, 0.717) is 22.5 Å². The van der Waals surface area contributed by atoms with Gasteiger partial charge in [0.15, 0.2) is 0 Å². The molecule has 0 aliphatic carbocycles. The number of hydrogen-bond acceptors (Lipinski definition) is 5. The number of para-hydroxylation sites is 1. The Morgan fingerprint density at radius 2 is 1.65 bits per heavy atom. The zero-order valence-corrected chi connectivity index (χ0v) is 17.9. The van der Waals surface area contributed by atoms with Crippen LogP contribution in [0.2, 0.25) is 0 Å².